The molecule has 0 bridgehead atoms. The van der Waals surface area contributed by atoms with Crippen LogP contribution in [0.25, 0.3) is 9.40 Å². The van der Waals surface area contributed by atoms with Gasteiger partial charge in [-0.2, -0.15) is 4.37 Å². The molecule has 1 aliphatic rings. The summed E-state index contributed by atoms with van der Waals surface area (Å²) >= 11 is 10.4. The van der Waals surface area contributed by atoms with Gasteiger partial charge in [0.2, 0.25) is 0 Å². The van der Waals surface area contributed by atoms with Crippen LogP contribution in [0.4, 0.5) is 5.69 Å². The van der Waals surface area contributed by atoms with E-state index in [4.69, 9.17) is 11.6 Å². The van der Waals surface area contributed by atoms with Gasteiger partial charge in [0.05, 0.1) is 4.88 Å². The van der Waals surface area contributed by atoms with Gasteiger partial charge in [-0.15, -0.1) is 22.7 Å². The average Bonchev–Trinajstić information content (AvgIpc) is 2.96. The molecule has 24 heavy (non-hydrogen) atoms. The van der Waals surface area contributed by atoms with E-state index in [0.29, 0.717) is 5.15 Å². The Hall–Kier alpha value is -1.59. The summed E-state index contributed by atoms with van der Waals surface area (Å²) in [6.07, 6.45) is 1.48. The van der Waals surface area contributed by atoms with Crippen LogP contribution in [0.1, 0.15) is 27.5 Å². The zero-order valence-corrected chi connectivity index (χ0v) is 15.7. The number of carbonyl (C=O) groups is 1. The van der Waals surface area contributed by atoms with E-state index in [9.17, 15) is 9.90 Å². The van der Waals surface area contributed by atoms with Crippen molar-refractivity contribution in [3.05, 3.63) is 31.9 Å². The van der Waals surface area contributed by atoms with Gasteiger partial charge in [0, 0.05) is 21.3 Å². The smallest absolute Gasteiger partial charge is 0.314 e. The molecule has 0 atom stereocenters. The fourth-order valence-electron chi connectivity index (χ4n) is 2.51. The number of thiophene rings is 2. The molecule has 0 spiro atoms. The van der Waals surface area contributed by atoms with Crippen LogP contribution >= 0.6 is 45.8 Å². The Morgan fingerprint density at radius 3 is 2.71 bits per heavy atom. The van der Waals surface area contributed by atoms with Crippen molar-refractivity contribution in [2.75, 3.05) is 12.4 Å². The molecule has 2 N–H and O–H groups in total. The number of fused-ring (bicyclic) bond motifs is 1. The Morgan fingerprint density at radius 1 is 1.33 bits per heavy atom. The second kappa shape index (κ2) is 5.74. The largest absolute Gasteiger partial charge is 0.481 e. The van der Waals surface area contributed by atoms with Gasteiger partial charge in [0.15, 0.2) is 5.15 Å². The van der Waals surface area contributed by atoms with Crippen molar-refractivity contribution < 1.29 is 9.90 Å². The Morgan fingerprint density at radius 2 is 2.08 bits per heavy atom. The summed E-state index contributed by atoms with van der Waals surface area (Å²) in [7, 11) is 1.79. The van der Waals surface area contributed by atoms with Gasteiger partial charge in [-0.1, -0.05) is 11.6 Å². The van der Waals surface area contributed by atoms with Crippen LogP contribution in [0.3, 0.4) is 0 Å². The van der Waals surface area contributed by atoms with Crippen molar-refractivity contribution in [1.82, 2.24) is 4.37 Å². The molecule has 4 rings (SSSR count). The molecule has 3 heterocycles. The minimum atomic E-state index is -0.710. The molecule has 0 amide bonds. The number of nitrogens with one attached hydrogen (secondary N) is 1. The van der Waals surface area contributed by atoms with Crippen molar-refractivity contribution in [1.29, 1.82) is 0 Å². The first-order valence-electron chi connectivity index (χ1n) is 7.16. The van der Waals surface area contributed by atoms with Crippen molar-refractivity contribution in [3.8, 4) is 11.8 Å². The summed E-state index contributed by atoms with van der Waals surface area (Å²) in [6.45, 7) is 0. The summed E-state index contributed by atoms with van der Waals surface area (Å²) < 4.78 is 6.29. The van der Waals surface area contributed by atoms with Crippen LogP contribution in [0.5, 0.6) is 0 Å². The van der Waals surface area contributed by atoms with Gasteiger partial charge in [-0.3, -0.25) is 4.79 Å². The molecule has 3 aromatic rings. The lowest BCUT2D eigenvalue weighted by molar-refractivity contribution is -0.139. The first kappa shape index (κ1) is 15.9. The van der Waals surface area contributed by atoms with E-state index in [2.05, 4.69) is 21.5 Å². The zero-order chi connectivity index (χ0) is 16.9. The molecule has 3 aromatic heterocycles. The molecular weight excluding hydrogens is 384 g/mol. The highest BCUT2D eigenvalue weighted by Crippen LogP contribution is 2.52. The third-order valence-corrected chi connectivity index (χ3v) is 7.59. The first-order chi connectivity index (χ1) is 11.5. The summed E-state index contributed by atoms with van der Waals surface area (Å²) in [6, 6.07) is 4.04. The Kier molecular flexibility index (Phi) is 3.81. The number of hydrogen-bond donors (Lipinski definition) is 2. The van der Waals surface area contributed by atoms with Crippen LogP contribution < -0.4 is 5.32 Å². The fraction of sp³-hybridized carbons (Fsp3) is 0.250. The second-order valence-electron chi connectivity index (χ2n) is 5.51. The van der Waals surface area contributed by atoms with Crippen LogP contribution in [0.15, 0.2) is 12.1 Å². The lowest BCUT2D eigenvalue weighted by Gasteiger charge is -2.04. The molecule has 122 valence electrons. The predicted octanol–water partition coefficient (Wildman–Crippen LogP) is 4.63. The van der Waals surface area contributed by atoms with Crippen molar-refractivity contribution >= 4 is 66.9 Å². The number of carboxylic acid groups (broad SMARTS) is 1. The van der Waals surface area contributed by atoms with E-state index in [-0.39, 0.29) is 0 Å². The van der Waals surface area contributed by atoms with Gasteiger partial charge in [-0.25, -0.2) is 0 Å². The standard InChI is InChI=1S/C16H11ClN2O2S3/c1-18-13-9(24-19-14(13)17)3-2-8-6-10-11(22-8)7-12(23-10)16(4-5-16)15(20)21/h6-7,18H,4-5H2,1H3,(H,20,21). The number of aromatic nitrogens is 1. The summed E-state index contributed by atoms with van der Waals surface area (Å²) in [5.41, 5.74) is 0.128. The fourth-order valence-corrected chi connectivity index (χ4v) is 6.00. The molecule has 1 saturated carbocycles. The maximum atomic E-state index is 11.4. The second-order valence-corrected chi connectivity index (χ2v) is 8.81. The van der Waals surface area contributed by atoms with E-state index in [1.54, 1.807) is 29.7 Å². The number of nitrogens with zero attached hydrogens (tertiary/aromatic N) is 1. The first-order valence-corrected chi connectivity index (χ1v) is 9.94. The maximum absolute atomic E-state index is 11.4. The molecular formula is C16H11ClN2O2S3. The van der Waals surface area contributed by atoms with Crippen molar-refractivity contribution in [3.63, 3.8) is 0 Å². The molecule has 0 aliphatic heterocycles. The number of aliphatic carboxylic acids is 1. The molecule has 0 saturated heterocycles. The highest BCUT2D eigenvalue weighted by Gasteiger charge is 2.53. The highest BCUT2D eigenvalue weighted by atomic mass is 35.5. The SMILES string of the molecule is CNc1c(Cl)nsc1C#Cc1cc2sc(C3(C(=O)O)CC3)cc2s1. The normalized spacial score (nSPS) is 15.1. The lowest BCUT2D eigenvalue weighted by atomic mass is 10.1. The summed E-state index contributed by atoms with van der Waals surface area (Å²) in [4.78, 5) is 14.2. The maximum Gasteiger partial charge on any atom is 0.314 e. The van der Waals surface area contributed by atoms with Gasteiger partial charge in [-0.05, 0) is 48.3 Å². The highest BCUT2D eigenvalue weighted by molar-refractivity contribution is 7.28. The Balaban J connectivity index is 1.64. The summed E-state index contributed by atoms with van der Waals surface area (Å²) in [5.74, 6) is 5.55. The van der Waals surface area contributed by atoms with Gasteiger partial charge in [0.25, 0.3) is 0 Å². The number of hydrogen-bond acceptors (Lipinski definition) is 6. The topological polar surface area (TPSA) is 62.2 Å². The minimum Gasteiger partial charge on any atom is -0.481 e. The average molecular weight is 395 g/mol. The third-order valence-electron chi connectivity index (χ3n) is 4.04. The molecule has 4 nitrogen and oxygen atoms in total. The number of anilines is 1. The Labute approximate surface area is 155 Å². The molecule has 8 heteroatoms. The lowest BCUT2D eigenvalue weighted by Crippen LogP contribution is -2.17. The van der Waals surface area contributed by atoms with Gasteiger partial charge < -0.3 is 10.4 Å². The number of rotatable bonds is 3. The van der Waals surface area contributed by atoms with E-state index in [0.717, 1.165) is 42.6 Å². The quantitative estimate of drug-likeness (QED) is 0.636. The van der Waals surface area contributed by atoms with Crippen LogP contribution in [-0.2, 0) is 10.2 Å². The number of carboxylic acids is 1. The van der Waals surface area contributed by atoms with E-state index < -0.39 is 11.4 Å². The van der Waals surface area contributed by atoms with Crippen molar-refractivity contribution in [2.45, 2.75) is 18.3 Å². The molecule has 0 aromatic carbocycles. The molecule has 0 radical (unpaired) electrons. The Bertz CT molecular complexity index is 986. The monoisotopic (exact) mass is 394 g/mol. The van der Waals surface area contributed by atoms with Crippen LogP contribution in [0, 0.1) is 11.8 Å². The van der Waals surface area contributed by atoms with Gasteiger partial charge in [0.1, 0.15) is 16.0 Å². The van der Waals surface area contributed by atoms with E-state index in [1.165, 1.54) is 11.5 Å². The third kappa shape index (κ3) is 2.50. The van der Waals surface area contributed by atoms with Crippen LogP contribution in [0.2, 0.25) is 5.15 Å². The zero-order valence-electron chi connectivity index (χ0n) is 12.5. The van der Waals surface area contributed by atoms with Crippen molar-refractivity contribution in [2.24, 2.45) is 0 Å². The molecule has 0 unspecified atom stereocenters. The van der Waals surface area contributed by atoms with Gasteiger partial charge >= 0.3 is 5.97 Å². The predicted molar refractivity (Wildman–Crippen MR) is 101 cm³/mol. The minimum absolute atomic E-state index is 0.437. The van der Waals surface area contributed by atoms with E-state index >= 15 is 0 Å². The number of halogens is 1. The van der Waals surface area contributed by atoms with E-state index in [1.807, 2.05) is 12.1 Å². The van der Waals surface area contributed by atoms with Crippen LogP contribution in [-0.4, -0.2) is 22.5 Å². The summed E-state index contributed by atoms with van der Waals surface area (Å²) in [5, 5.41) is 12.8. The molecule has 1 aliphatic carbocycles. The molecule has 1 fully saturated rings.